The summed E-state index contributed by atoms with van der Waals surface area (Å²) in [5.74, 6) is 0.705. The van der Waals surface area contributed by atoms with Crippen LogP contribution in [0.2, 0.25) is 0 Å². The summed E-state index contributed by atoms with van der Waals surface area (Å²) in [6.45, 7) is 3.02. The van der Waals surface area contributed by atoms with Gasteiger partial charge >= 0.3 is 0 Å². The Kier molecular flexibility index (Phi) is 4.61. The Hall–Kier alpha value is -1.06. The van der Waals surface area contributed by atoms with Crippen molar-refractivity contribution in [2.45, 2.75) is 44.8 Å². The lowest BCUT2D eigenvalue weighted by Crippen LogP contribution is -2.30. The fourth-order valence-electron chi connectivity index (χ4n) is 2.75. The molecule has 0 bridgehead atoms. The van der Waals surface area contributed by atoms with Gasteiger partial charge in [-0.1, -0.05) is 25.5 Å². The maximum absolute atomic E-state index is 9.81. The molecule has 1 fully saturated rings. The molecular formula is C15H23NO2. The zero-order chi connectivity index (χ0) is 13.0. The molecule has 1 saturated carbocycles. The molecule has 3 atom stereocenters. The van der Waals surface area contributed by atoms with E-state index >= 15 is 0 Å². The fourth-order valence-corrected chi connectivity index (χ4v) is 2.75. The molecule has 0 aromatic heterocycles. The molecule has 1 aromatic carbocycles. The van der Waals surface area contributed by atoms with Crippen LogP contribution in [0.1, 0.15) is 44.2 Å². The molecule has 3 heteroatoms. The number of aliphatic hydroxyl groups excluding tert-OH is 1. The summed E-state index contributed by atoms with van der Waals surface area (Å²) in [7, 11) is 0. The summed E-state index contributed by atoms with van der Waals surface area (Å²) in [4.78, 5) is 0. The molecular weight excluding hydrogens is 226 g/mol. The number of benzene rings is 1. The summed E-state index contributed by atoms with van der Waals surface area (Å²) < 4.78 is 0. The van der Waals surface area contributed by atoms with Crippen molar-refractivity contribution in [1.29, 1.82) is 0 Å². The first-order valence-corrected chi connectivity index (χ1v) is 6.91. The highest BCUT2D eigenvalue weighted by atomic mass is 16.3. The van der Waals surface area contributed by atoms with E-state index in [4.69, 9.17) is 0 Å². The van der Waals surface area contributed by atoms with Crippen molar-refractivity contribution < 1.29 is 10.2 Å². The average Bonchev–Trinajstić information content (AvgIpc) is 2.78. The van der Waals surface area contributed by atoms with Crippen molar-refractivity contribution in [3.05, 3.63) is 29.8 Å². The minimum atomic E-state index is -0.130. The summed E-state index contributed by atoms with van der Waals surface area (Å²) in [5, 5.41) is 22.6. The van der Waals surface area contributed by atoms with E-state index in [1.165, 1.54) is 5.56 Å². The Balaban J connectivity index is 1.91. The number of phenolic OH excluding ortho intramolecular Hbond substituents is 1. The van der Waals surface area contributed by atoms with Gasteiger partial charge in [-0.2, -0.15) is 0 Å². The van der Waals surface area contributed by atoms with E-state index in [2.05, 4.69) is 12.2 Å². The molecule has 0 heterocycles. The van der Waals surface area contributed by atoms with Crippen LogP contribution < -0.4 is 5.32 Å². The zero-order valence-corrected chi connectivity index (χ0v) is 11.0. The van der Waals surface area contributed by atoms with Crippen LogP contribution in [0.4, 0.5) is 0 Å². The van der Waals surface area contributed by atoms with E-state index in [0.29, 0.717) is 17.7 Å². The third-order valence-electron chi connectivity index (χ3n) is 3.95. The van der Waals surface area contributed by atoms with Crippen molar-refractivity contribution in [1.82, 2.24) is 5.32 Å². The first-order valence-electron chi connectivity index (χ1n) is 6.91. The van der Waals surface area contributed by atoms with Gasteiger partial charge in [0.2, 0.25) is 0 Å². The van der Waals surface area contributed by atoms with Gasteiger partial charge in [-0.05, 0) is 42.9 Å². The van der Waals surface area contributed by atoms with Gasteiger partial charge in [0.05, 0.1) is 6.10 Å². The number of aromatic hydroxyl groups is 1. The average molecular weight is 249 g/mol. The lowest BCUT2D eigenvalue weighted by atomic mass is 10.0. The van der Waals surface area contributed by atoms with Crippen LogP contribution >= 0.6 is 0 Å². The van der Waals surface area contributed by atoms with Crippen LogP contribution in [0.25, 0.3) is 0 Å². The van der Waals surface area contributed by atoms with Crippen molar-refractivity contribution in [3.63, 3.8) is 0 Å². The molecule has 0 aliphatic heterocycles. The largest absolute Gasteiger partial charge is 0.508 e. The molecule has 3 unspecified atom stereocenters. The molecule has 3 nitrogen and oxygen atoms in total. The van der Waals surface area contributed by atoms with Crippen molar-refractivity contribution in [2.24, 2.45) is 5.92 Å². The van der Waals surface area contributed by atoms with E-state index < -0.39 is 0 Å². The van der Waals surface area contributed by atoms with Gasteiger partial charge < -0.3 is 15.5 Å². The number of nitrogens with one attached hydrogen (secondary N) is 1. The van der Waals surface area contributed by atoms with Gasteiger partial charge in [0.25, 0.3) is 0 Å². The van der Waals surface area contributed by atoms with Crippen LogP contribution in [-0.4, -0.2) is 22.9 Å². The standard InChI is InChI=1S/C15H23NO2/c1-2-14(11-6-8-13(17)9-7-11)16-10-12-4-3-5-15(12)18/h6-9,12,14-18H,2-5,10H2,1H3. The summed E-state index contributed by atoms with van der Waals surface area (Å²) in [6, 6.07) is 7.68. The molecule has 100 valence electrons. The second-order valence-electron chi connectivity index (χ2n) is 5.22. The summed E-state index contributed by atoms with van der Waals surface area (Å²) in [6.07, 6.45) is 4.09. The molecule has 3 N–H and O–H groups in total. The Morgan fingerprint density at radius 3 is 2.56 bits per heavy atom. The van der Waals surface area contributed by atoms with Crippen molar-refractivity contribution in [2.75, 3.05) is 6.54 Å². The minimum Gasteiger partial charge on any atom is -0.508 e. The summed E-state index contributed by atoms with van der Waals surface area (Å²) >= 11 is 0. The van der Waals surface area contributed by atoms with E-state index in [9.17, 15) is 10.2 Å². The summed E-state index contributed by atoms with van der Waals surface area (Å²) in [5.41, 5.74) is 1.20. The molecule has 0 radical (unpaired) electrons. The fraction of sp³-hybridized carbons (Fsp3) is 0.600. The first kappa shape index (κ1) is 13.4. The second-order valence-corrected chi connectivity index (χ2v) is 5.22. The normalized spacial score (nSPS) is 25.2. The molecule has 0 saturated heterocycles. The molecule has 18 heavy (non-hydrogen) atoms. The van der Waals surface area contributed by atoms with Gasteiger partial charge in [-0.15, -0.1) is 0 Å². The van der Waals surface area contributed by atoms with Crippen LogP contribution in [-0.2, 0) is 0 Å². The molecule has 1 aliphatic carbocycles. The van der Waals surface area contributed by atoms with E-state index in [1.807, 2.05) is 12.1 Å². The van der Waals surface area contributed by atoms with E-state index in [1.54, 1.807) is 12.1 Å². The number of rotatable bonds is 5. The van der Waals surface area contributed by atoms with E-state index in [0.717, 1.165) is 32.2 Å². The number of hydrogen-bond acceptors (Lipinski definition) is 3. The van der Waals surface area contributed by atoms with Crippen LogP contribution in [0.3, 0.4) is 0 Å². The van der Waals surface area contributed by atoms with Gasteiger partial charge in [0.1, 0.15) is 5.75 Å². The van der Waals surface area contributed by atoms with Gasteiger partial charge in [-0.3, -0.25) is 0 Å². The van der Waals surface area contributed by atoms with Gasteiger partial charge in [0.15, 0.2) is 0 Å². The van der Waals surface area contributed by atoms with Crippen LogP contribution in [0, 0.1) is 5.92 Å². The predicted molar refractivity (Wildman–Crippen MR) is 72.5 cm³/mol. The van der Waals surface area contributed by atoms with Gasteiger partial charge in [0, 0.05) is 12.6 Å². The smallest absolute Gasteiger partial charge is 0.115 e. The number of aliphatic hydroxyl groups is 1. The quantitative estimate of drug-likeness (QED) is 0.752. The Morgan fingerprint density at radius 2 is 2.00 bits per heavy atom. The molecule has 1 aliphatic rings. The Bertz CT molecular complexity index is 363. The van der Waals surface area contributed by atoms with E-state index in [-0.39, 0.29) is 6.10 Å². The zero-order valence-electron chi connectivity index (χ0n) is 11.0. The molecule has 0 spiro atoms. The Labute approximate surface area is 109 Å². The Morgan fingerprint density at radius 1 is 1.28 bits per heavy atom. The minimum absolute atomic E-state index is 0.130. The number of phenols is 1. The van der Waals surface area contributed by atoms with Crippen molar-refractivity contribution in [3.8, 4) is 5.75 Å². The molecule has 1 aromatic rings. The second kappa shape index (κ2) is 6.21. The first-order chi connectivity index (χ1) is 8.70. The molecule has 2 rings (SSSR count). The lowest BCUT2D eigenvalue weighted by Gasteiger charge is -2.21. The highest BCUT2D eigenvalue weighted by Gasteiger charge is 2.25. The topological polar surface area (TPSA) is 52.5 Å². The third-order valence-corrected chi connectivity index (χ3v) is 3.95. The lowest BCUT2D eigenvalue weighted by molar-refractivity contribution is 0.129. The third kappa shape index (κ3) is 3.24. The highest BCUT2D eigenvalue weighted by Crippen LogP contribution is 2.26. The van der Waals surface area contributed by atoms with Crippen molar-refractivity contribution >= 4 is 0 Å². The maximum Gasteiger partial charge on any atom is 0.115 e. The van der Waals surface area contributed by atoms with Crippen LogP contribution in [0.15, 0.2) is 24.3 Å². The SMILES string of the molecule is CCC(NCC1CCCC1O)c1ccc(O)cc1. The molecule has 0 amide bonds. The van der Waals surface area contributed by atoms with Gasteiger partial charge in [-0.25, -0.2) is 0 Å². The monoisotopic (exact) mass is 249 g/mol. The number of hydrogen-bond donors (Lipinski definition) is 3. The van der Waals surface area contributed by atoms with Crippen LogP contribution in [0.5, 0.6) is 5.75 Å². The highest BCUT2D eigenvalue weighted by molar-refractivity contribution is 5.27. The maximum atomic E-state index is 9.81. The predicted octanol–water partition coefficient (Wildman–Crippen LogP) is 2.59.